The Balaban J connectivity index is 3.06. The number of nitrogens with two attached hydrogens (primary N) is 1. The summed E-state index contributed by atoms with van der Waals surface area (Å²) in [7, 11) is 0. The summed E-state index contributed by atoms with van der Waals surface area (Å²) >= 11 is 5.50. The van der Waals surface area contributed by atoms with Crippen molar-refractivity contribution >= 4 is 29.3 Å². The highest BCUT2D eigenvalue weighted by Crippen LogP contribution is 2.36. The molecule has 1 atom stereocenters. The molecular formula is C14H16ClF3N2O3. The van der Waals surface area contributed by atoms with Crippen LogP contribution < -0.4 is 11.1 Å². The molecule has 1 rings (SSSR count). The van der Waals surface area contributed by atoms with Gasteiger partial charge >= 0.3 is 12.3 Å². The second-order valence-corrected chi connectivity index (χ2v) is 6.27. The summed E-state index contributed by atoms with van der Waals surface area (Å²) in [6.07, 6.45) is -7.09. The number of alkyl halides is 3. The number of ether oxygens (including phenoxy) is 1. The van der Waals surface area contributed by atoms with E-state index in [1.54, 1.807) is 20.8 Å². The molecule has 0 aliphatic carbocycles. The predicted molar refractivity (Wildman–Crippen MR) is 79.0 cm³/mol. The van der Waals surface area contributed by atoms with Gasteiger partial charge in [-0.2, -0.15) is 13.2 Å². The van der Waals surface area contributed by atoms with Gasteiger partial charge in [0.2, 0.25) is 0 Å². The summed E-state index contributed by atoms with van der Waals surface area (Å²) in [5.41, 5.74) is 2.89. The van der Waals surface area contributed by atoms with E-state index in [0.29, 0.717) is 6.07 Å². The van der Waals surface area contributed by atoms with Crippen molar-refractivity contribution in [3.63, 3.8) is 0 Å². The van der Waals surface area contributed by atoms with Crippen LogP contribution in [0.4, 0.5) is 23.7 Å². The molecule has 0 fully saturated rings. The molecular weight excluding hydrogens is 337 g/mol. The number of halogens is 4. The van der Waals surface area contributed by atoms with Gasteiger partial charge in [0, 0.05) is 11.1 Å². The summed E-state index contributed by atoms with van der Waals surface area (Å²) in [4.78, 5) is 23.1. The van der Waals surface area contributed by atoms with Crippen LogP contribution in [0.2, 0.25) is 5.02 Å². The van der Waals surface area contributed by atoms with Gasteiger partial charge in [0.1, 0.15) is 0 Å². The van der Waals surface area contributed by atoms with Crippen molar-refractivity contribution in [1.29, 1.82) is 0 Å². The molecule has 3 N–H and O–H groups in total. The topological polar surface area (TPSA) is 81.4 Å². The van der Waals surface area contributed by atoms with Crippen LogP contribution >= 0.6 is 11.6 Å². The molecule has 1 aromatic carbocycles. The predicted octanol–water partition coefficient (Wildman–Crippen LogP) is 3.81. The molecule has 0 aliphatic heterocycles. The first kappa shape index (κ1) is 19.1. The molecule has 0 aliphatic rings. The van der Waals surface area contributed by atoms with Crippen molar-refractivity contribution in [3.05, 3.63) is 28.8 Å². The minimum Gasteiger partial charge on any atom is -0.436 e. The molecule has 0 radical (unpaired) electrons. The first-order valence-corrected chi connectivity index (χ1v) is 6.84. The van der Waals surface area contributed by atoms with Gasteiger partial charge in [-0.3, -0.25) is 4.79 Å². The highest BCUT2D eigenvalue weighted by Gasteiger charge is 2.36. The third-order valence-electron chi connectivity index (χ3n) is 2.80. The van der Waals surface area contributed by atoms with Crippen LogP contribution in [0.15, 0.2) is 18.2 Å². The highest BCUT2D eigenvalue weighted by atomic mass is 35.5. The quantitative estimate of drug-likeness (QED) is 0.868. The lowest BCUT2D eigenvalue weighted by atomic mass is 9.88. The normalized spacial score (nSPS) is 13.3. The SMILES string of the molecule is CC(C)(C)C(OC(N)=O)C(=O)Nc1ccc(Cl)c(C(F)(F)F)c1. The number of rotatable bonds is 3. The smallest absolute Gasteiger partial charge is 0.417 e. The summed E-state index contributed by atoms with van der Waals surface area (Å²) < 4.78 is 43.2. The number of nitrogens with one attached hydrogen (secondary N) is 1. The maximum absolute atomic E-state index is 12.8. The fraction of sp³-hybridized carbons (Fsp3) is 0.429. The Bertz CT molecular complexity index is 612. The minimum atomic E-state index is -4.66. The molecule has 1 aromatic rings. The van der Waals surface area contributed by atoms with Crippen LogP contribution in [0, 0.1) is 5.41 Å². The Labute approximate surface area is 135 Å². The first-order valence-electron chi connectivity index (χ1n) is 6.46. The maximum atomic E-state index is 12.8. The van der Waals surface area contributed by atoms with Crippen molar-refractivity contribution in [2.45, 2.75) is 33.1 Å². The number of primary amides is 1. The average molecular weight is 353 g/mol. The van der Waals surface area contributed by atoms with Gasteiger partial charge in [-0.05, 0) is 18.2 Å². The highest BCUT2D eigenvalue weighted by molar-refractivity contribution is 6.31. The first-order chi connectivity index (χ1) is 10.3. The Hall–Kier alpha value is -1.96. The third-order valence-corrected chi connectivity index (χ3v) is 3.13. The number of anilines is 1. The minimum absolute atomic E-state index is 0.131. The summed E-state index contributed by atoms with van der Waals surface area (Å²) in [5, 5.41) is 1.77. The lowest BCUT2D eigenvalue weighted by Gasteiger charge is -2.28. The van der Waals surface area contributed by atoms with Crippen molar-refractivity contribution in [3.8, 4) is 0 Å². The van der Waals surface area contributed by atoms with Gasteiger partial charge in [0.05, 0.1) is 10.6 Å². The molecule has 2 amide bonds. The average Bonchev–Trinajstić information content (AvgIpc) is 2.35. The lowest BCUT2D eigenvalue weighted by molar-refractivity contribution is -0.137. The summed E-state index contributed by atoms with van der Waals surface area (Å²) in [6.45, 7) is 4.84. The molecule has 0 bridgehead atoms. The molecule has 9 heteroatoms. The Morgan fingerprint density at radius 2 is 1.83 bits per heavy atom. The van der Waals surface area contributed by atoms with E-state index >= 15 is 0 Å². The zero-order chi connectivity index (χ0) is 18.0. The molecule has 0 spiro atoms. The van der Waals surface area contributed by atoms with Crippen molar-refractivity contribution in [1.82, 2.24) is 0 Å². The number of hydrogen-bond donors (Lipinski definition) is 2. The van der Waals surface area contributed by atoms with Crippen molar-refractivity contribution < 1.29 is 27.5 Å². The second kappa shape index (κ2) is 6.66. The molecule has 0 saturated carbocycles. The fourth-order valence-electron chi connectivity index (χ4n) is 1.77. The van der Waals surface area contributed by atoms with E-state index in [-0.39, 0.29) is 5.69 Å². The van der Waals surface area contributed by atoms with Crippen LogP contribution in [0.25, 0.3) is 0 Å². The van der Waals surface area contributed by atoms with Gasteiger partial charge in [-0.25, -0.2) is 4.79 Å². The van der Waals surface area contributed by atoms with Gasteiger partial charge in [-0.15, -0.1) is 0 Å². The van der Waals surface area contributed by atoms with Gasteiger partial charge in [0.15, 0.2) is 6.10 Å². The molecule has 0 aromatic heterocycles. The number of benzene rings is 1. The number of carbonyl (C=O) groups is 2. The second-order valence-electron chi connectivity index (χ2n) is 5.86. The van der Waals surface area contributed by atoms with E-state index < -0.39 is 40.3 Å². The Morgan fingerprint density at radius 3 is 2.26 bits per heavy atom. The van der Waals surface area contributed by atoms with Crippen LogP contribution in [0.1, 0.15) is 26.3 Å². The fourth-order valence-corrected chi connectivity index (χ4v) is 1.99. The standard InChI is InChI=1S/C14H16ClF3N2O3/c1-13(2,3)10(23-12(19)22)11(21)20-7-4-5-9(15)8(6-7)14(16,17)18/h4-6,10H,1-3H3,(H2,19,22)(H,20,21). The molecule has 128 valence electrons. The van der Waals surface area contributed by atoms with E-state index in [9.17, 15) is 22.8 Å². The van der Waals surface area contributed by atoms with Crippen LogP contribution in [0.5, 0.6) is 0 Å². The monoisotopic (exact) mass is 352 g/mol. The molecule has 5 nitrogen and oxygen atoms in total. The van der Waals surface area contributed by atoms with Gasteiger partial charge in [-0.1, -0.05) is 32.4 Å². The molecule has 0 saturated heterocycles. The van der Waals surface area contributed by atoms with E-state index in [1.807, 2.05) is 0 Å². The number of hydrogen-bond acceptors (Lipinski definition) is 3. The van der Waals surface area contributed by atoms with E-state index in [1.165, 1.54) is 6.07 Å². The lowest BCUT2D eigenvalue weighted by Crippen LogP contribution is -2.43. The Kier molecular flexibility index (Phi) is 5.52. The maximum Gasteiger partial charge on any atom is 0.417 e. The number of amides is 2. The van der Waals surface area contributed by atoms with Crippen LogP contribution in [-0.4, -0.2) is 18.1 Å². The summed E-state index contributed by atoms with van der Waals surface area (Å²) in [6, 6.07) is 2.92. The molecule has 23 heavy (non-hydrogen) atoms. The number of carbonyl (C=O) groups excluding carboxylic acids is 2. The molecule has 0 heterocycles. The third kappa shape index (κ3) is 5.31. The van der Waals surface area contributed by atoms with Crippen molar-refractivity contribution in [2.24, 2.45) is 11.1 Å². The van der Waals surface area contributed by atoms with Gasteiger partial charge in [0.25, 0.3) is 5.91 Å². The van der Waals surface area contributed by atoms with Crippen LogP contribution in [-0.2, 0) is 15.7 Å². The Morgan fingerprint density at radius 1 is 1.26 bits per heavy atom. The van der Waals surface area contributed by atoms with E-state index in [0.717, 1.165) is 6.07 Å². The van der Waals surface area contributed by atoms with Crippen LogP contribution in [0.3, 0.4) is 0 Å². The summed E-state index contributed by atoms with van der Waals surface area (Å²) in [5.74, 6) is -0.799. The zero-order valence-electron chi connectivity index (χ0n) is 12.6. The van der Waals surface area contributed by atoms with E-state index in [2.05, 4.69) is 5.32 Å². The van der Waals surface area contributed by atoms with Crippen molar-refractivity contribution in [2.75, 3.05) is 5.32 Å². The zero-order valence-corrected chi connectivity index (χ0v) is 13.4. The van der Waals surface area contributed by atoms with Gasteiger partial charge < -0.3 is 15.8 Å². The van der Waals surface area contributed by atoms with E-state index in [4.69, 9.17) is 22.1 Å². The largest absolute Gasteiger partial charge is 0.436 e. The molecule has 1 unspecified atom stereocenters.